The number of hydrogen-bond donors (Lipinski definition) is 0. The van der Waals surface area contributed by atoms with Gasteiger partial charge in [0.1, 0.15) is 12.6 Å². The minimum absolute atomic E-state index is 0.111. The number of fused-ring (bicyclic) bond motifs is 1. The van der Waals surface area contributed by atoms with Gasteiger partial charge in [-0.25, -0.2) is 9.79 Å². The summed E-state index contributed by atoms with van der Waals surface area (Å²) in [7, 11) is 1.55. The van der Waals surface area contributed by atoms with Gasteiger partial charge < -0.3 is 14.2 Å². The topological polar surface area (TPSA) is 79.1 Å². The molecule has 202 valence electrons. The number of nitrogens with zero attached hydrogens (tertiary/aromatic N) is 2. The molecule has 0 spiro atoms. The van der Waals surface area contributed by atoms with Crippen molar-refractivity contribution in [2.75, 3.05) is 20.3 Å². The molecule has 0 N–H and O–H groups in total. The first-order chi connectivity index (χ1) is 19.5. The van der Waals surface area contributed by atoms with Crippen LogP contribution in [0.25, 0.3) is 11.8 Å². The number of carbonyl (C=O) groups is 1. The number of thiophene rings is 1. The van der Waals surface area contributed by atoms with Crippen LogP contribution in [0.2, 0.25) is 0 Å². The number of terminal acetylenes is 1. The van der Waals surface area contributed by atoms with Crippen LogP contribution in [-0.2, 0) is 9.53 Å². The predicted molar refractivity (Wildman–Crippen MR) is 165 cm³/mol. The fourth-order valence-corrected chi connectivity index (χ4v) is 6.99. The summed E-state index contributed by atoms with van der Waals surface area (Å²) in [5.41, 5.74) is 2.10. The fraction of sp³-hybridized carbons (Fsp3) is 0.167. The third kappa shape index (κ3) is 5.37. The van der Waals surface area contributed by atoms with Gasteiger partial charge in [0.2, 0.25) is 0 Å². The minimum Gasteiger partial charge on any atom is -0.493 e. The van der Waals surface area contributed by atoms with Gasteiger partial charge in [0.15, 0.2) is 16.3 Å². The Morgan fingerprint density at radius 1 is 1.23 bits per heavy atom. The van der Waals surface area contributed by atoms with Crippen molar-refractivity contribution >= 4 is 63.0 Å². The van der Waals surface area contributed by atoms with Crippen LogP contribution in [0.15, 0.2) is 75.3 Å². The third-order valence-corrected chi connectivity index (χ3v) is 8.74. The second-order valence-electron chi connectivity index (χ2n) is 8.47. The van der Waals surface area contributed by atoms with Gasteiger partial charge in [0, 0.05) is 10.4 Å². The number of benzene rings is 2. The number of thiazole rings is 1. The number of hydrogen-bond acceptors (Lipinski definition) is 8. The number of aromatic nitrogens is 1. The summed E-state index contributed by atoms with van der Waals surface area (Å²) in [6.45, 7) is 2.07. The molecule has 1 aliphatic rings. The average Bonchev–Trinajstić information content (AvgIpc) is 3.60. The van der Waals surface area contributed by atoms with E-state index in [-0.39, 0.29) is 18.8 Å². The maximum Gasteiger partial charge on any atom is 0.338 e. The summed E-state index contributed by atoms with van der Waals surface area (Å²) in [4.78, 5) is 33.6. The van der Waals surface area contributed by atoms with Gasteiger partial charge in [-0.05, 0) is 64.7 Å². The number of ether oxygens (including phenoxy) is 3. The van der Waals surface area contributed by atoms with E-state index in [0.717, 1.165) is 19.6 Å². The molecule has 40 heavy (non-hydrogen) atoms. The molecule has 2 aromatic heterocycles. The lowest BCUT2D eigenvalue weighted by Crippen LogP contribution is -2.39. The van der Waals surface area contributed by atoms with Gasteiger partial charge in [-0.2, -0.15) is 0 Å². The van der Waals surface area contributed by atoms with Crippen LogP contribution in [0.3, 0.4) is 0 Å². The smallest absolute Gasteiger partial charge is 0.338 e. The largest absolute Gasteiger partial charge is 0.493 e. The molecule has 0 bridgehead atoms. The molecular weight excluding hydrogens is 659 g/mol. The van der Waals surface area contributed by atoms with Gasteiger partial charge in [-0.15, -0.1) is 17.8 Å². The molecule has 0 saturated heterocycles. The van der Waals surface area contributed by atoms with E-state index >= 15 is 0 Å². The van der Waals surface area contributed by atoms with Crippen LogP contribution in [0.4, 0.5) is 0 Å². The van der Waals surface area contributed by atoms with E-state index in [9.17, 15) is 9.59 Å². The maximum absolute atomic E-state index is 14.0. The lowest BCUT2D eigenvalue weighted by molar-refractivity contribution is -0.138. The predicted octanol–water partition coefficient (Wildman–Crippen LogP) is 4.62. The van der Waals surface area contributed by atoms with Crippen molar-refractivity contribution in [1.82, 2.24) is 4.57 Å². The standard InChI is InChI=1S/C30H23IN2O5S2/c1-4-13-38-27-20(31)15-18(16-21(27)36-3)17-23-28(34)33-26(22-12-9-14-39-22)24(29(35)37-5-2)25(32-30(33)40-23)19-10-7-6-8-11-19/h1,6-12,14-17,26H,5,13H2,2-3H3/b23-17-/t26-/m0/s1. The monoisotopic (exact) mass is 682 g/mol. The van der Waals surface area contributed by atoms with Crippen LogP contribution >= 0.6 is 45.3 Å². The molecule has 2 aromatic carbocycles. The van der Waals surface area contributed by atoms with E-state index in [1.54, 1.807) is 30.7 Å². The van der Waals surface area contributed by atoms with Crippen LogP contribution < -0.4 is 24.4 Å². The molecule has 7 nitrogen and oxygen atoms in total. The highest BCUT2D eigenvalue weighted by Crippen LogP contribution is 2.37. The third-order valence-electron chi connectivity index (χ3n) is 6.04. The van der Waals surface area contributed by atoms with Crippen molar-refractivity contribution in [1.29, 1.82) is 0 Å². The molecule has 4 aromatic rings. The zero-order chi connectivity index (χ0) is 28.2. The molecule has 0 unspecified atom stereocenters. The van der Waals surface area contributed by atoms with E-state index in [4.69, 9.17) is 25.6 Å². The highest BCUT2D eigenvalue weighted by molar-refractivity contribution is 14.1. The van der Waals surface area contributed by atoms with Crippen molar-refractivity contribution in [3.63, 3.8) is 0 Å². The summed E-state index contributed by atoms with van der Waals surface area (Å²) >= 11 is 4.89. The average molecular weight is 683 g/mol. The summed E-state index contributed by atoms with van der Waals surface area (Å²) in [6.07, 6.45) is 7.15. The first kappa shape index (κ1) is 27.9. The van der Waals surface area contributed by atoms with E-state index < -0.39 is 12.0 Å². The number of carbonyl (C=O) groups excluding carboxylic acids is 1. The van der Waals surface area contributed by atoms with Crippen molar-refractivity contribution in [2.45, 2.75) is 13.0 Å². The molecule has 0 aliphatic carbocycles. The Hall–Kier alpha value is -3.66. The van der Waals surface area contributed by atoms with E-state index in [2.05, 4.69) is 28.5 Å². The molecule has 0 radical (unpaired) electrons. The number of methoxy groups -OCH3 is 1. The fourth-order valence-electron chi connectivity index (χ4n) is 4.38. The molecule has 5 rings (SSSR count). The number of halogens is 1. The lowest BCUT2D eigenvalue weighted by atomic mass is 9.97. The normalized spacial score (nSPS) is 14.8. The molecule has 10 heteroatoms. The van der Waals surface area contributed by atoms with Crippen LogP contribution in [-0.4, -0.2) is 30.9 Å². The second-order valence-corrected chi connectivity index (χ2v) is 11.6. The highest BCUT2D eigenvalue weighted by atomic mass is 127. The Labute approximate surface area is 252 Å². The number of esters is 1. The zero-order valence-corrected chi connectivity index (χ0v) is 25.3. The first-order valence-corrected chi connectivity index (χ1v) is 15.0. The first-order valence-electron chi connectivity index (χ1n) is 12.2. The summed E-state index contributed by atoms with van der Waals surface area (Å²) in [6, 6.07) is 16.3. The SMILES string of the molecule is C#CCOc1c(I)cc(/C=c2\sc3n(c2=O)[C@@H](c2cccs2)C(C(=O)OCC)=C(c2ccccc2)N=3)cc1OC. The molecule has 1 aliphatic heterocycles. The maximum atomic E-state index is 14.0. The van der Waals surface area contributed by atoms with Gasteiger partial charge >= 0.3 is 5.97 Å². The summed E-state index contributed by atoms with van der Waals surface area (Å²) < 4.78 is 19.5. The number of rotatable bonds is 8. The molecule has 0 amide bonds. The molecular formula is C30H23IN2O5S2. The quantitative estimate of drug-likeness (QED) is 0.154. The van der Waals surface area contributed by atoms with Crippen LogP contribution in [0.1, 0.15) is 29.0 Å². The second kappa shape index (κ2) is 12.2. The van der Waals surface area contributed by atoms with Crippen LogP contribution in [0, 0.1) is 15.9 Å². The van der Waals surface area contributed by atoms with Crippen molar-refractivity contribution in [2.24, 2.45) is 4.99 Å². The Morgan fingerprint density at radius 2 is 2.02 bits per heavy atom. The van der Waals surface area contributed by atoms with Crippen LogP contribution in [0.5, 0.6) is 11.5 Å². The van der Waals surface area contributed by atoms with E-state index in [1.165, 1.54) is 22.7 Å². The lowest BCUT2D eigenvalue weighted by Gasteiger charge is -2.24. The van der Waals surface area contributed by atoms with Gasteiger partial charge in [-0.3, -0.25) is 9.36 Å². The summed E-state index contributed by atoms with van der Waals surface area (Å²) in [5, 5.41) is 1.92. The molecule has 3 heterocycles. The molecule has 0 fully saturated rings. The Kier molecular flexibility index (Phi) is 8.54. The zero-order valence-electron chi connectivity index (χ0n) is 21.5. The van der Waals surface area contributed by atoms with E-state index in [1.807, 2.05) is 53.9 Å². The van der Waals surface area contributed by atoms with Gasteiger partial charge in [0.25, 0.3) is 5.56 Å². The Balaban J connectivity index is 1.74. The van der Waals surface area contributed by atoms with Gasteiger partial charge in [-0.1, -0.05) is 53.7 Å². The summed E-state index contributed by atoms with van der Waals surface area (Å²) in [5.74, 6) is 3.01. The highest BCUT2D eigenvalue weighted by Gasteiger charge is 2.35. The van der Waals surface area contributed by atoms with Crippen molar-refractivity contribution in [3.8, 4) is 23.8 Å². The van der Waals surface area contributed by atoms with Crippen molar-refractivity contribution in [3.05, 3.63) is 105 Å². The van der Waals surface area contributed by atoms with Gasteiger partial charge in [0.05, 0.1) is 33.1 Å². The van der Waals surface area contributed by atoms with Crippen molar-refractivity contribution < 1.29 is 19.0 Å². The molecule has 1 atom stereocenters. The minimum atomic E-state index is -0.679. The molecule has 0 saturated carbocycles. The van der Waals surface area contributed by atoms with E-state index in [0.29, 0.717) is 32.1 Å². The Morgan fingerprint density at radius 3 is 2.70 bits per heavy atom. The Bertz CT molecular complexity index is 1820.